The Hall–Kier alpha value is -10.1. The number of hydrogen-bond donors (Lipinski definition) is 0. The highest BCUT2D eigenvalue weighted by molar-refractivity contribution is 6.02. The standard InChI is InChI=1S/C68H56O13/c1-40(2)63(70)78-52-27-19-44(20-28-52)62(69)61(81-66(73)43(7)8)39-76-55-32-24-47-34-51(26-18-49(47)36-55)68(59-15-11-9-13-57(59)58-14-10-12-16-60(58)68)50-25-17-48-35-54(31-23-46(48)33-50)75-37-56(80-65(72)42(5)6)38-77-67(74)45-21-29-53(30-22-45)79-64(71)41(3)4/h9-36,56,61H,1,3,5,7,37-39H2,2,4,6,8H3. The summed E-state index contributed by atoms with van der Waals surface area (Å²) >= 11 is 0. The first-order valence-electron chi connectivity index (χ1n) is 25.8. The number of carbonyl (C=O) groups is 6. The van der Waals surface area contributed by atoms with Crippen molar-refractivity contribution in [1.29, 1.82) is 0 Å². The van der Waals surface area contributed by atoms with Gasteiger partial charge in [-0.25, -0.2) is 24.0 Å². The van der Waals surface area contributed by atoms with Gasteiger partial charge in [0.25, 0.3) is 0 Å². The second kappa shape index (κ2) is 23.8. The van der Waals surface area contributed by atoms with Crippen LogP contribution < -0.4 is 18.9 Å². The largest absolute Gasteiger partial charge is 0.490 e. The molecule has 9 rings (SSSR count). The normalized spacial score (nSPS) is 12.6. The van der Waals surface area contributed by atoms with Gasteiger partial charge in [0.2, 0.25) is 5.78 Å². The zero-order valence-corrected chi connectivity index (χ0v) is 45.1. The molecule has 0 aliphatic heterocycles. The Kier molecular flexibility index (Phi) is 16.4. The number of carbonyl (C=O) groups excluding carboxylic acids is 6. The highest BCUT2D eigenvalue weighted by Crippen LogP contribution is 2.56. The van der Waals surface area contributed by atoms with Crippen LogP contribution in [0.1, 0.15) is 70.7 Å². The molecule has 8 aromatic carbocycles. The van der Waals surface area contributed by atoms with Crippen LogP contribution in [0, 0.1) is 0 Å². The first kappa shape index (κ1) is 55.6. The monoisotopic (exact) mass is 1080 g/mol. The first-order chi connectivity index (χ1) is 38.9. The van der Waals surface area contributed by atoms with E-state index in [0.29, 0.717) is 11.5 Å². The third-order valence-corrected chi connectivity index (χ3v) is 13.5. The third kappa shape index (κ3) is 12.1. The van der Waals surface area contributed by atoms with Crippen LogP contribution in [-0.4, -0.2) is 67.7 Å². The molecule has 8 aromatic rings. The average Bonchev–Trinajstić information content (AvgIpc) is 4.06. The van der Waals surface area contributed by atoms with Crippen molar-refractivity contribution in [3.8, 4) is 34.1 Å². The fraction of sp³-hybridized carbons (Fsp3) is 0.147. The minimum Gasteiger partial charge on any atom is -0.490 e. The molecule has 1 aliphatic rings. The quantitative estimate of drug-likeness (QED) is 0.0219. The fourth-order valence-electron chi connectivity index (χ4n) is 9.41. The van der Waals surface area contributed by atoms with Gasteiger partial charge in [0, 0.05) is 27.9 Å². The summed E-state index contributed by atoms with van der Waals surface area (Å²) in [5.41, 5.74) is 6.88. The molecule has 0 fully saturated rings. The van der Waals surface area contributed by atoms with E-state index in [1.54, 1.807) is 0 Å². The third-order valence-electron chi connectivity index (χ3n) is 13.5. The van der Waals surface area contributed by atoms with Crippen molar-refractivity contribution in [2.24, 2.45) is 0 Å². The van der Waals surface area contributed by atoms with E-state index in [1.165, 1.54) is 76.2 Å². The number of fused-ring (bicyclic) bond motifs is 5. The number of benzene rings is 8. The van der Waals surface area contributed by atoms with Gasteiger partial charge in [0.1, 0.15) is 42.8 Å². The van der Waals surface area contributed by atoms with Crippen LogP contribution in [0.5, 0.6) is 23.0 Å². The minimum absolute atomic E-state index is 0.115. The Morgan fingerprint density at radius 1 is 0.420 bits per heavy atom. The van der Waals surface area contributed by atoms with E-state index in [1.807, 2.05) is 54.6 Å². The molecule has 13 heteroatoms. The van der Waals surface area contributed by atoms with E-state index in [4.69, 9.17) is 33.2 Å². The Labute approximate surface area is 468 Å². The van der Waals surface area contributed by atoms with E-state index >= 15 is 0 Å². The molecule has 0 heterocycles. The Morgan fingerprint density at radius 3 is 1.31 bits per heavy atom. The summed E-state index contributed by atoms with van der Waals surface area (Å²) in [7, 11) is 0. The van der Waals surface area contributed by atoms with Crippen molar-refractivity contribution in [2.45, 2.75) is 45.3 Å². The Bertz CT molecular complexity index is 3820. The van der Waals surface area contributed by atoms with Gasteiger partial charge in [-0.1, -0.05) is 111 Å². The second-order valence-corrected chi connectivity index (χ2v) is 19.7. The van der Waals surface area contributed by atoms with Crippen molar-refractivity contribution in [3.05, 3.63) is 252 Å². The van der Waals surface area contributed by atoms with Gasteiger partial charge in [-0.05, 0) is 168 Å². The minimum atomic E-state index is -1.32. The highest BCUT2D eigenvalue weighted by Gasteiger charge is 2.46. The number of hydrogen-bond acceptors (Lipinski definition) is 13. The molecule has 0 saturated heterocycles. The summed E-state index contributed by atoms with van der Waals surface area (Å²) in [5, 5.41) is 3.62. The molecule has 0 amide bonds. The zero-order chi connectivity index (χ0) is 57.5. The molecule has 406 valence electrons. The topological polar surface area (TPSA) is 167 Å². The predicted molar refractivity (Wildman–Crippen MR) is 308 cm³/mol. The van der Waals surface area contributed by atoms with Gasteiger partial charge in [-0.15, -0.1) is 0 Å². The summed E-state index contributed by atoms with van der Waals surface area (Å²) in [6, 6.07) is 52.7. The summed E-state index contributed by atoms with van der Waals surface area (Å²) in [6.07, 6.45) is -2.31. The van der Waals surface area contributed by atoms with E-state index in [0.717, 1.165) is 54.9 Å². The lowest BCUT2D eigenvalue weighted by molar-refractivity contribution is -0.148. The number of Topliss-reactive ketones (excluding diaryl/α,β-unsaturated/α-hetero) is 1. The molecule has 0 saturated carbocycles. The highest BCUT2D eigenvalue weighted by atomic mass is 16.6. The molecule has 0 radical (unpaired) electrons. The molecule has 13 nitrogen and oxygen atoms in total. The van der Waals surface area contributed by atoms with Crippen LogP contribution in [0.3, 0.4) is 0 Å². The maximum absolute atomic E-state index is 13.8. The van der Waals surface area contributed by atoms with Crippen molar-refractivity contribution in [1.82, 2.24) is 0 Å². The van der Waals surface area contributed by atoms with Gasteiger partial charge in [-0.2, -0.15) is 0 Å². The van der Waals surface area contributed by atoms with Crippen LogP contribution in [0.4, 0.5) is 0 Å². The first-order valence-corrected chi connectivity index (χ1v) is 25.8. The van der Waals surface area contributed by atoms with Crippen LogP contribution in [-0.2, 0) is 38.8 Å². The van der Waals surface area contributed by atoms with Gasteiger partial charge in [0.15, 0.2) is 12.2 Å². The van der Waals surface area contributed by atoms with Crippen molar-refractivity contribution >= 4 is 57.2 Å². The molecule has 0 spiro atoms. The molecular formula is C68H56O13. The van der Waals surface area contributed by atoms with Crippen molar-refractivity contribution in [3.63, 3.8) is 0 Å². The molecule has 81 heavy (non-hydrogen) atoms. The smallest absolute Gasteiger partial charge is 0.338 e. The van der Waals surface area contributed by atoms with Crippen LogP contribution in [0.15, 0.2) is 218 Å². The summed E-state index contributed by atoms with van der Waals surface area (Å²) in [5.74, 6) is -2.43. The molecular weight excluding hydrogens is 1020 g/mol. The lowest BCUT2D eigenvalue weighted by Crippen LogP contribution is -2.33. The summed E-state index contributed by atoms with van der Waals surface area (Å²) < 4.78 is 39.7. The number of ether oxygens (including phenoxy) is 7. The molecule has 0 aromatic heterocycles. The molecule has 0 N–H and O–H groups in total. The van der Waals surface area contributed by atoms with Crippen LogP contribution >= 0.6 is 0 Å². The maximum Gasteiger partial charge on any atom is 0.338 e. The number of ketones is 1. The second-order valence-electron chi connectivity index (χ2n) is 19.7. The summed E-state index contributed by atoms with van der Waals surface area (Å²) in [6.45, 7) is 19.8. The number of rotatable bonds is 21. The van der Waals surface area contributed by atoms with Crippen molar-refractivity contribution < 1.29 is 61.9 Å². The molecule has 2 unspecified atom stereocenters. The fourth-order valence-corrected chi connectivity index (χ4v) is 9.41. The average molecular weight is 1080 g/mol. The van der Waals surface area contributed by atoms with Gasteiger partial charge >= 0.3 is 29.8 Å². The van der Waals surface area contributed by atoms with Crippen molar-refractivity contribution in [2.75, 3.05) is 19.8 Å². The van der Waals surface area contributed by atoms with Gasteiger partial charge in [0.05, 0.1) is 11.0 Å². The van der Waals surface area contributed by atoms with E-state index in [9.17, 15) is 28.8 Å². The molecule has 1 aliphatic carbocycles. The summed E-state index contributed by atoms with van der Waals surface area (Å²) in [4.78, 5) is 76.3. The van der Waals surface area contributed by atoms with E-state index in [-0.39, 0.29) is 64.7 Å². The Balaban J connectivity index is 0.965. The van der Waals surface area contributed by atoms with E-state index < -0.39 is 53.3 Å². The zero-order valence-electron chi connectivity index (χ0n) is 45.1. The maximum atomic E-state index is 13.8. The lowest BCUT2D eigenvalue weighted by Gasteiger charge is -2.34. The predicted octanol–water partition coefficient (Wildman–Crippen LogP) is 12.8. The number of esters is 5. The van der Waals surface area contributed by atoms with Gasteiger partial charge in [-0.3, -0.25) is 4.79 Å². The lowest BCUT2D eigenvalue weighted by atomic mass is 9.67. The molecule has 0 bridgehead atoms. The molecule has 2 atom stereocenters. The van der Waals surface area contributed by atoms with Gasteiger partial charge < -0.3 is 33.2 Å². The Morgan fingerprint density at radius 2 is 0.827 bits per heavy atom. The van der Waals surface area contributed by atoms with Crippen LogP contribution in [0.2, 0.25) is 0 Å². The van der Waals surface area contributed by atoms with Crippen LogP contribution in [0.25, 0.3) is 32.7 Å². The van der Waals surface area contributed by atoms with E-state index in [2.05, 4.69) is 93.0 Å². The SMILES string of the molecule is C=C(C)C(=O)Oc1ccc(C(=O)OCC(COc2ccc3cc(C4(c5ccc6cc(OCC(OC(=O)C(=C)C)C(=O)c7ccc(OC(=O)C(=C)C)cc7)ccc6c5)c5ccccc5-c5ccccc54)ccc3c2)OC(=O)C(=C)C)cc1.